The second-order valence-electron chi connectivity index (χ2n) is 25.4. The lowest BCUT2D eigenvalue weighted by molar-refractivity contribution is -0.359. The maximum atomic E-state index is 13.3. The fourth-order valence-electron chi connectivity index (χ4n) is 11.8. The van der Waals surface area contributed by atoms with Crippen LogP contribution in [0, 0.1) is 0 Å². The lowest BCUT2D eigenvalue weighted by atomic mass is 9.97. The van der Waals surface area contributed by atoms with Crippen molar-refractivity contribution in [1.29, 1.82) is 0 Å². The number of allylic oxidation sites excluding steroid dienone is 7. The predicted molar refractivity (Wildman–Crippen MR) is 351 cm³/mol. The van der Waals surface area contributed by atoms with Gasteiger partial charge < -0.3 is 65.1 Å². The second kappa shape index (κ2) is 56.9. The molecule has 0 aliphatic carbocycles. The summed E-state index contributed by atoms with van der Waals surface area (Å²) >= 11 is 0. The molecule has 504 valence electrons. The van der Waals surface area contributed by atoms with Crippen molar-refractivity contribution in [3.05, 3.63) is 48.6 Å². The van der Waals surface area contributed by atoms with Gasteiger partial charge in [-0.2, -0.15) is 0 Å². The smallest absolute Gasteiger partial charge is 0.220 e. The second-order valence-corrected chi connectivity index (χ2v) is 25.4. The van der Waals surface area contributed by atoms with Crippen LogP contribution in [0.15, 0.2) is 48.6 Å². The van der Waals surface area contributed by atoms with Gasteiger partial charge >= 0.3 is 0 Å². The Kier molecular flexibility index (Phi) is 53.0. The van der Waals surface area contributed by atoms with Gasteiger partial charge in [0.2, 0.25) is 5.91 Å². The number of nitrogens with one attached hydrogen (secondary N) is 1. The Balaban J connectivity index is 1.51. The molecule has 0 aromatic rings. The van der Waals surface area contributed by atoms with Crippen molar-refractivity contribution >= 4 is 5.91 Å². The Morgan fingerprint density at radius 3 is 1.21 bits per heavy atom. The molecular weight excluding hydrogens is 1090 g/mol. The van der Waals surface area contributed by atoms with Gasteiger partial charge in [-0.1, -0.05) is 287 Å². The number of aliphatic hydroxyl groups excluding tert-OH is 8. The Labute approximate surface area is 524 Å². The molecule has 0 saturated carbocycles. The molecule has 2 aliphatic rings. The number of rotatable bonds is 59. The highest BCUT2D eigenvalue weighted by Crippen LogP contribution is 2.30. The lowest BCUT2D eigenvalue weighted by Crippen LogP contribution is -2.65. The van der Waals surface area contributed by atoms with Gasteiger partial charge in [0.05, 0.1) is 32.0 Å². The summed E-state index contributed by atoms with van der Waals surface area (Å²) < 4.78 is 22.8. The van der Waals surface area contributed by atoms with Crippen LogP contribution in [0.2, 0.25) is 0 Å². The molecule has 12 unspecified atom stereocenters. The van der Waals surface area contributed by atoms with E-state index in [1.165, 1.54) is 238 Å². The molecule has 2 heterocycles. The van der Waals surface area contributed by atoms with Crippen molar-refractivity contribution < 1.29 is 64.6 Å². The van der Waals surface area contributed by atoms with Gasteiger partial charge in [0.25, 0.3) is 0 Å². The first-order valence-corrected chi connectivity index (χ1v) is 35.9. The highest BCUT2D eigenvalue weighted by atomic mass is 16.7. The molecule has 86 heavy (non-hydrogen) atoms. The molecule has 12 atom stereocenters. The van der Waals surface area contributed by atoms with Crippen LogP contribution in [0.1, 0.15) is 309 Å². The molecule has 14 heteroatoms. The zero-order chi connectivity index (χ0) is 62.3. The third-order valence-corrected chi connectivity index (χ3v) is 17.5. The molecule has 2 fully saturated rings. The van der Waals surface area contributed by atoms with Crippen molar-refractivity contribution in [2.45, 2.75) is 383 Å². The van der Waals surface area contributed by atoms with Crippen LogP contribution < -0.4 is 5.32 Å². The van der Waals surface area contributed by atoms with E-state index in [4.69, 9.17) is 18.9 Å². The summed E-state index contributed by atoms with van der Waals surface area (Å²) in [7, 11) is 0. The summed E-state index contributed by atoms with van der Waals surface area (Å²) in [5.41, 5.74) is 0. The lowest BCUT2D eigenvalue weighted by Gasteiger charge is -2.46. The van der Waals surface area contributed by atoms with Gasteiger partial charge in [-0.15, -0.1) is 0 Å². The molecule has 9 N–H and O–H groups in total. The van der Waals surface area contributed by atoms with E-state index < -0.39 is 86.8 Å². The highest BCUT2D eigenvalue weighted by molar-refractivity contribution is 5.76. The quantitative estimate of drug-likeness (QED) is 0.0204. The summed E-state index contributed by atoms with van der Waals surface area (Å²) in [6, 6.07) is -0.929. The first-order valence-electron chi connectivity index (χ1n) is 35.9. The topological polar surface area (TPSA) is 228 Å². The fourth-order valence-corrected chi connectivity index (χ4v) is 11.8. The van der Waals surface area contributed by atoms with E-state index in [0.29, 0.717) is 12.8 Å². The Morgan fingerprint density at radius 1 is 0.419 bits per heavy atom. The third kappa shape index (κ3) is 40.6. The zero-order valence-corrected chi connectivity index (χ0v) is 54.8. The van der Waals surface area contributed by atoms with Gasteiger partial charge in [-0.25, -0.2) is 0 Å². The van der Waals surface area contributed by atoms with Crippen LogP contribution in [0.4, 0.5) is 0 Å². The fraction of sp³-hybridized carbons (Fsp3) is 0.875. The van der Waals surface area contributed by atoms with Gasteiger partial charge in [-0.3, -0.25) is 4.79 Å². The summed E-state index contributed by atoms with van der Waals surface area (Å²) in [5.74, 6) is -0.246. The zero-order valence-electron chi connectivity index (χ0n) is 54.8. The molecular formula is C72H133NO13. The van der Waals surface area contributed by atoms with E-state index in [0.717, 1.165) is 38.5 Å². The number of hydrogen-bond donors (Lipinski definition) is 9. The van der Waals surface area contributed by atoms with Crippen LogP contribution in [-0.2, 0) is 23.7 Å². The third-order valence-electron chi connectivity index (χ3n) is 17.5. The van der Waals surface area contributed by atoms with Crippen molar-refractivity contribution in [2.24, 2.45) is 0 Å². The summed E-state index contributed by atoms with van der Waals surface area (Å²) in [5, 5.41) is 87.0. The minimum absolute atomic E-state index is 0.246. The minimum atomic E-state index is -1.79. The normalized spacial score (nSPS) is 23.7. The maximum Gasteiger partial charge on any atom is 0.220 e. The number of carbonyl (C=O) groups is 1. The Hall–Kier alpha value is -2.05. The number of unbranched alkanes of at least 4 members (excludes halogenated alkanes) is 40. The molecule has 0 radical (unpaired) electrons. The van der Waals surface area contributed by atoms with Gasteiger partial charge in [0, 0.05) is 6.42 Å². The molecule has 0 aromatic heterocycles. The monoisotopic (exact) mass is 1220 g/mol. The van der Waals surface area contributed by atoms with Crippen molar-refractivity contribution in [3.63, 3.8) is 0 Å². The molecule has 0 bridgehead atoms. The average Bonchev–Trinajstić information content (AvgIpc) is 1.60. The number of ether oxygens (including phenoxy) is 4. The standard InChI is InChI=1S/C72H133NO13/c1-3-5-7-9-11-13-15-16-17-18-19-20-21-22-23-24-25-26-27-28-29-30-31-32-33-34-35-36-37-38-39-40-41-42-43-44-46-48-50-52-54-56-64(77)73-60(61(76)55-53-51-49-47-45-14-12-10-8-6-4-2)59-83-71-69(82)67(80)70(63(58-75)85-71)86-72-68(81)66(79)65(78)62(57-74)84-72/h15-16,18-19,45,47,53,55,60-63,65-72,74-76,78-82H,3-14,17,20-44,46,48-52,54,56-59H2,1-2H3,(H,73,77)/b16-15-,19-18-,47-45+,55-53+. The van der Waals surface area contributed by atoms with Crippen molar-refractivity contribution in [3.8, 4) is 0 Å². The van der Waals surface area contributed by atoms with E-state index in [2.05, 4.69) is 55.6 Å². The largest absolute Gasteiger partial charge is 0.394 e. The van der Waals surface area contributed by atoms with Crippen LogP contribution in [0.25, 0.3) is 0 Å². The van der Waals surface area contributed by atoms with Gasteiger partial charge in [-0.05, 0) is 64.2 Å². The molecule has 14 nitrogen and oxygen atoms in total. The van der Waals surface area contributed by atoms with Crippen molar-refractivity contribution in [1.82, 2.24) is 5.32 Å². The first kappa shape index (κ1) is 80.0. The maximum absolute atomic E-state index is 13.3. The van der Waals surface area contributed by atoms with E-state index in [9.17, 15) is 45.6 Å². The van der Waals surface area contributed by atoms with E-state index in [1.54, 1.807) is 6.08 Å². The SMILES string of the molecule is CCCCCCC/C=C\C/C=C\CCCCCCCCCCCCCCCCCCCCCCCCCCCCCCCC(=O)NC(COC1OC(CO)C(OC2OC(CO)C(O)C(O)C2O)C(O)C1O)C(O)/C=C/CC/C=C/CCCCCCC. The molecule has 2 saturated heterocycles. The molecule has 0 aromatic carbocycles. The van der Waals surface area contributed by atoms with Crippen LogP contribution in [0.5, 0.6) is 0 Å². The van der Waals surface area contributed by atoms with Crippen LogP contribution >= 0.6 is 0 Å². The summed E-state index contributed by atoms with van der Waals surface area (Å²) in [6.07, 6.45) is 58.0. The number of aliphatic hydroxyl groups is 8. The van der Waals surface area contributed by atoms with E-state index >= 15 is 0 Å². The van der Waals surface area contributed by atoms with Crippen LogP contribution in [-0.4, -0.2) is 140 Å². The number of hydrogen-bond acceptors (Lipinski definition) is 13. The predicted octanol–water partition coefficient (Wildman–Crippen LogP) is 14.7. The summed E-state index contributed by atoms with van der Waals surface area (Å²) in [4.78, 5) is 13.3. The van der Waals surface area contributed by atoms with E-state index in [1.807, 2.05) is 6.08 Å². The Morgan fingerprint density at radius 2 is 0.779 bits per heavy atom. The number of amides is 1. The van der Waals surface area contributed by atoms with Crippen molar-refractivity contribution in [2.75, 3.05) is 19.8 Å². The number of carbonyl (C=O) groups excluding carboxylic acids is 1. The van der Waals surface area contributed by atoms with Crippen LogP contribution in [0.3, 0.4) is 0 Å². The minimum Gasteiger partial charge on any atom is -0.394 e. The van der Waals surface area contributed by atoms with Gasteiger partial charge in [0.1, 0.15) is 48.8 Å². The molecule has 1 amide bonds. The van der Waals surface area contributed by atoms with Gasteiger partial charge in [0.15, 0.2) is 12.6 Å². The molecule has 0 spiro atoms. The molecule has 2 rings (SSSR count). The first-order chi connectivity index (χ1) is 42.1. The highest BCUT2D eigenvalue weighted by Gasteiger charge is 2.51. The molecule has 2 aliphatic heterocycles. The Bertz CT molecular complexity index is 1630. The average molecular weight is 1220 g/mol. The summed E-state index contributed by atoms with van der Waals surface area (Å²) in [6.45, 7) is 2.76. The van der Waals surface area contributed by atoms with E-state index in [-0.39, 0.29) is 18.9 Å².